The van der Waals surface area contributed by atoms with E-state index in [0.717, 1.165) is 25.2 Å². The van der Waals surface area contributed by atoms with Crippen LogP contribution >= 0.6 is 12.4 Å². The van der Waals surface area contributed by atoms with Gasteiger partial charge in [-0.2, -0.15) is 0 Å². The third-order valence-electron chi connectivity index (χ3n) is 5.28. The molecule has 2 aliphatic rings. The number of hydrogen-bond acceptors (Lipinski definition) is 3. The summed E-state index contributed by atoms with van der Waals surface area (Å²) in [6, 6.07) is 15.5. The Morgan fingerprint density at radius 3 is 2.76 bits per heavy atom. The summed E-state index contributed by atoms with van der Waals surface area (Å²) in [7, 11) is 1.71. The number of halogens is 2. The second-order valence-electron chi connectivity index (χ2n) is 6.94. The number of likely N-dealkylation sites (tertiary alicyclic amines) is 1. The molecule has 2 aliphatic heterocycles. The molecule has 2 aromatic carbocycles. The van der Waals surface area contributed by atoms with Crippen molar-refractivity contribution < 1.29 is 13.9 Å². The molecule has 0 spiro atoms. The first-order chi connectivity index (χ1) is 11.7. The van der Waals surface area contributed by atoms with E-state index >= 15 is 0 Å². The lowest BCUT2D eigenvalue weighted by Crippen LogP contribution is -2.43. The van der Waals surface area contributed by atoms with Crippen molar-refractivity contribution in [1.29, 1.82) is 0 Å². The molecule has 1 fully saturated rings. The highest BCUT2D eigenvalue weighted by atomic mass is 35.5. The van der Waals surface area contributed by atoms with Gasteiger partial charge in [-0.1, -0.05) is 36.4 Å². The summed E-state index contributed by atoms with van der Waals surface area (Å²) in [4.78, 5) is 2.39. The van der Waals surface area contributed by atoms with Crippen LogP contribution in [0.25, 0.3) is 0 Å². The Bertz CT molecular complexity index is 727. The lowest BCUT2D eigenvalue weighted by atomic mass is 9.73. The number of methoxy groups -OCH3 is 1. The van der Waals surface area contributed by atoms with Crippen LogP contribution in [0.1, 0.15) is 17.0 Å². The summed E-state index contributed by atoms with van der Waals surface area (Å²) in [6.45, 7) is 3.71. The third-order valence-corrected chi connectivity index (χ3v) is 5.28. The first-order valence-corrected chi connectivity index (χ1v) is 8.38. The average Bonchev–Trinajstić information content (AvgIpc) is 2.94. The molecule has 0 saturated carbocycles. The molecule has 25 heavy (non-hydrogen) atoms. The molecular weight excluding hydrogens is 341 g/mol. The smallest absolute Gasteiger partial charge is 0.130 e. The van der Waals surface area contributed by atoms with Gasteiger partial charge in [-0.15, -0.1) is 12.4 Å². The predicted molar refractivity (Wildman–Crippen MR) is 97.9 cm³/mol. The van der Waals surface area contributed by atoms with Crippen LogP contribution in [0.2, 0.25) is 0 Å². The minimum atomic E-state index is -0.182. The highest BCUT2D eigenvalue weighted by Gasteiger charge is 2.52. The zero-order valence-corrected chi connectivity index (χ0v) is 15.1. The van der Waals surface area contributed by atoms with E-state index in [0.29, 0.717) is 19.0 Å². The molecule has 4 rings (SSSR count). The normalized spacial score (nSPS) is 24.8. The summed E-state index contributed by atoms with van der Waals surface area (Å²) < 4.78 is 26.0. The standard InChI is InChI=1S/C20H22FNO2.ClH/c1-23-13-20-12-22(10-15-6-3-2-4-7-15)11-16(20)19-17(21)8-5-9-18(19)24-14-20;/h2-9,16H,10-14H2,1H3;1H. The van der Waals surface area contributed by atoms with Crippen molar-refractivity contribution >= 4 is 12.4 Å². The molecule has 0 amide bonds. The zero-order chi connectivity index (χ0) is 16.6. The van der Waals surface area contributed by atoms with Gasteiger partial charge in [0.15, 0.2) is 0 Å². The van der Waals surface area contributed by atoms with Crippen molar-refractivity contribution in [3.8, 4) is 5.75 Å². The first-order valence-electron chi connectivity index (χ1n) is 8.38. The summed E-state index contributed by atoms with van der Waals surface area (Å²) in [6.07, 6.45) is 0. The number of benzene rings is 2. The Balaban J connectivity index is 0.00000182. The fourth-order valence-corrected chi connectivity index (χ4v) is 4.26. The topological polar surface area (TPSA) is 21.7 Å². The molecule has 2 unspecified atom stereocenters. The molecule has 5 heteroatoms. The molecule has 0 aliphatic carbocycles. The quantitative estimate of drug-likeness (QED) is 0.823. The minimum Gasteiger partial charge on any atom is -0.492 e. The fraction of sp³-hybridized carbons (Fsp3) is 0.400. The number of fused-ring (bicyclic) bond motifs is 3. The molecule has 0 radical (unpaired) electrons. The molecule has 1 saturated heterocycles. The monoisotopic (exact) mass is 363 g/mol. The molecule has 2 atom stereocenters. The molecule has 2 heterocycles. The van der Waals surface area contributed by atoms with Gasteiger partial charge in [-0.05, 0) is 17.7 Å². The molecular formula is C20H23ClFNO2. The van der Waals surface area contributed by atoms with Crippen LogP contribution in [0.15, 0.2) is 48.5 Å². The Hall–Kier alpha value is -1.62. The van der Waals surface area contributed by atoms with Gasteiger partial charge in [0, 0.05) is 43.6 Å². The van der Waals surface area contributed by atoms with Crippen LogP contribution in [-0.4, -0.2) is 38.3 Å². The molecule has 134 valence electrons. The van der Waals surface area contributed by atoms with E-state index in [-0.39, 0.29) is 29.6 Å². The Morgan fingerprint density at radius 2 is 2.00 bits per heavy atom. The fourth-order valence-electron chi connectivity index (χ4n) is 4.26. The van der Waals surface area contributed by atoms with Gasteiger partial charge >= 0.3 is 0 Å². The number of ether oxygens (including phenoxy) is 2. The van der Waals surface area contributed by atoms with Gasteiger partial charge in [0.2, 0.25) is 0 Å². The molecule has 0 N–H and O–H groups in total. The van der Waals surface area contributed by atoms with Crippen LogP contribution in [0.4, 0.5) is 4.39 Å². The van der Waals surface area contributed by atoms with E-state index in [9.17, 15) is 4.39 Å². The predicted octanol–water partition coefficient (Wildman–Crippen LogP) is 3.87. The summed E-state index contributed by atoms with van der Waals surface area (Å²) in [5.41, 5.74) is 1.81. The summed E-state index contributed by atoms with van der Waals surface area (Å²) in [5, 5.41) is 0. The largest absolute Gasteiger partial charge is 0.492 e. The van der Waals surface area contributed by atoms with E-state index in [4.69, 9.17) is 9.47 Å². The number of rotatable bonds is 4. The molecule has 3 nitrogen and oxygen atoms in total. The van der Waals surface area contributed by atoms with Crippen LogP contribution in [0.5, 0.6) is 5.75 Å². The van der Waals surface area contributed by atoms with Crippen LogP contribution in [0.3, 0.4) is 0 Å². The summed E-state index contributed by atoms with van der Waals surface area (Å²) >= 11 is 0. The van der Waals surface area contributed by atoms with Gasteiger partial charge in [-0.25, -0.2) is 4.39 Å². The average molecular weight is 364 g/mol. The van der Waals surface area contributed by atoms with Gasteiger partial charge in [0.1, 0.15) is 11.6 Å². The lowest BCUT2D eigenvalue weighted by molar-refractivity contribution is 0.0210. The third kappa shape index (κ3) is 3.26. The van der Waals surface area contributed by atoms with Crippen molar-refractivity contribution in [3.63, 3.8) is 0 Å². The van der Waals surface area contributed by atoms with Gasteiger partial charge in [0.05, 0.1) is 13.2 Å². The zero-order valence-electron chi connectivity index (χ0n) is 14.3. The number of hydrogen-bond donors (Lipinski definition) is 0. The molecule has 0 bridgehead atoms. The molecule has 0 aromatic heterocycles. The van der Waals surface area contributed by atoms with Crippen molar-refractivity contribution in [3.05, 3.63) is 65.5 Å². The molecule has 2 aromatic rings. The van der Waals surface area contributed by atoms with Gasteiger partial charge in [0.25, 0.3) is 0 Å². The SMILES string of the molecule is COCC12COc3cccc(F)c3C1CN(Cc1ccccc1)C2.Cl. The van der Waals surface area contributed by atoms with E-state index in [1.807, 2.05) is 12.1 Å². The maximum absolute atomic E-state index is 14.5. The van der Waals surface area contributed by atoms with Gasteiger partial charge in [-0.3, -0.25) is 4.90 Å². The van der Waals surface area contributed by atoms with Crippen LogP contribution in [-0.2, 0) is 11.3 Å². The second-order valence-corrected chi connectivity index (χ2v) is 6.94. The van der Waals surface area contributed by atoms with Crippen molar-refractivity contribution in [2.75, 3.05) is 33.4 Å². The Kier molecular flexibility index (Phi) is 5.32. The maximum Gasteiger partial charge on any atom is 0.130 e. The highest BCUT2D eigenvalue weighted by Crippen LogP contribution is 2.50. The van der Waals surface area contributed by atoms with Crippen LogP contribution < -0.4 is 4.74 Å². The van der Waals surface area contributed by atoms with Gasteiger partial charge < -0.3 is 9.47 Å². The van der Waals surface area contributed by atoms with E-state index < -0.39 is 0 Å². The van der Waals surface area contributed by atoms with Crippen molar-refractivity contribution in [1.82, 2.24) is 4.90 Å². The van der Waals surface area contributed by atoms with E-state index in [2.05, 4.69) is 29.2 Å². The minimum absolute atomic E-state index is 0. The maximum atomic E-state index is 14.5. The van der Waals surface area contributed by atoms with Crippen molar-refractivity contribution in [2.45, 2.75) is 12.5 Å². The highest BCUT2D eigenvalue weighted by molar-refractivity contribution is 5.85. The second kappa shape index (κ2) is 7.32. The first kappa shape index (κ1) is 18.2. The van der Waals surface area contributed by atoms with E-state index in [1.165, 1.54) is 11.6 Å². The van der Waals surface area contributed by atoms with Crippen molar-refractivity contribution in [2.24, 2.45) is 5.41 Å². The Labute approximate surface area is 154 Å². The lowest BCUT2D eigenvalue weighted by Gasteiger charge is -2.39. The van der Waals surface area contributed by atoms with E-state index in [1.54, 1.807) is 13.2 Å². The Morgan fingerprint density at radius 1 is 1.20 bits per heavy atom. The van der Waals surface area contributed by atoms with Crippen LogP contribution in [0, 0.1) is 11.2 Å². The number of nitrogens with zero attached hydrogens (tertiary/aromatic N) is 1. The summed E-state index contributed by atoms with van der Waals surface area (Å²) in [5.74, 6) is 0.624.